The Hall–Kier alpha value is -1.22. The van der Waals surface area contributed by atoms with Crippen molar-refractivity contribution in [3.8, 4) is 5.88 Å². The van der Waals surface area contributed by atoms with Crippen LogP contribution < -0.4 is 4.74 Å². The Morgan fingerprint density at radius 1 is 1.25 bits per heavy atom. The molecule has 0 N–H and O–H groups in total. The zero-order valence-corrected chi connectivity index (χ0v) is 18.3. The zero-order valence-electron chi connectivity index (χ0n) is 17.5. The molecule has 1 saturated carbocycles. The van der Waals surface area contributed by atoms with E-state index in [2.05, 4.69) is 16.9 Å². The van der Waals surface area contributed by atoms with Gasteiger partial charge in [-0.3, -0.25) is 0 Å². The molecule has 2 heterocycles. The molecule has 1 spiro atoms. The van der Waals surface area contributed by atoms with Gasteiger partial charge in [-0.25, -0.2) is 13.4 Å². The van der Waals surface area contributed by atoms with E-state index in [1.165, 1.54) is 20.0 Å². The molecule has 8 heteroatoms. The highest BCUT2D eigenvalue weighted by molar-refractivity contribution is 7.89. The van der Waals surface area contributed by atoms with E-state index in [1.807, 2.05) is 0 Å². The maximum absolute atomic E-state index is 13.1. The summed E-state index contributed by atoms with van der Waals surface area (Å²) in [6, 6.07) is 3.80. The van der Waals surface area contributed by atoms with Gasteiger partial charge in [0.1, 0.15) is 4.90 Å². The van der Waals surface area contributed by atoms with E-state index in [-0.39, 0.29) is 10.3 Å². The number of ether oxygens (including phenoxy) is 2. The molecule has 0 radical (unpaired) electrons. The molecule has 1 aliphatic heterocycles. The van der Waals surface area contributed by atoms with Gasteiger partial charge in [-0.1, -0.05) is 0 Å². The molecule has 1 atom stereocenters. The fraction of sp³-hybridized carbons (Fsp3) is 0.750. The maximum atomic E-state index is 13.1. The van der Waals surface area contributed by atoms with E-state index in [4.69, 9.17) is 9.47 Å². The van der Waals surface area contributed by atoms with E-state index < -0.39 is 10.0 Å². The summed E-state index contributed by atoms with van der Waals surface area (Å²) in [5.41, 5.74) is 0.769. The number of rotatable bonds is 7. The minimum Gasteiger partial charge on any atom is -0.481 e. The van der Waals surface area contributed by atoms with Crippen LogP contribution in [-0.4, -0.2) is 76.2 Å². The highest BCUT2D eigenvalue weighted by atomic mass is 32.2. The fourth-order valence-corrected chi connectivity index (χ4v) is 6.28. The molecule has 1 unspecified atom stereocenters. The molecule has 1 aromatic heterocycles. The van der Waals surface area contributed by atoms with Crippen LogP contribution in [0.4, 0.5) is 0 Å². The van der Waals surface area contributed by atoms with Gasteiger partial charge in [0.2, 0.25) is 15.9 Å². The lowest BCUT2D eigenvalue weighted by atomic mass is 9.77. The fourth-order valence-electron chi connectivity index (χ4n) is 4.68. The molecule has 3 rings (SSSR count). The van der Waals surface area contributed by atoms with Gasteiger partial charge in [0.15, 0.2) is 0 Å². The predicted molar refractivity (Wildman–Crippen MR) is 108 cm³/mol. The summed E-state index contributed by atoms with van der Waals surface area (Å²) >= 11 is 0. The van der Waals surface area contributed by atoms with Crippen molar-refractivity contribution in [2.24, 2.45) is 5.41 Å². The molecule has 158 valence electrons. The van der Waals surface area contributed by atoms with Crippen molar-refractivity contribution in [1.82, 2.24) is 14.2 Å². The summed E-state index contributed by atoms with van der Waals surface area (Å²) in [4.78, 5) is 6.92. The lowest BCUT2D eigenvalue weighted by Gasteiger charge is -2.39. The van der Waals surface area contributed by atoms with Crippen LogP contribution in [0.5, 0.6) is 5.88 Å². The first kappa shape index (κ1) is 21.5. The van der Waals surface area contributed by atoms with Crippen LogP contribution in [0.25, 0.3) is 0 Å². The molecule has 1 aromatic rings. The largest absolute Gasteiger partial charge is 0.481 e. The van der Waals surface area contributed by atoms with Gasteiger partial charge >= 0.3 is 0 Å². The molecule has 2 aliphatic rings. The molecule has 0 aromatic carbocycles. The minimum absolute atomic E-state index is 0.283. The first-order valence-corrected chi connectivity index (χ1v) is 11.5. The first-order valence-electron chi connectivity index (χ1n) is 10.0. The van der Waals surface area contributed by atoms with Crippen molar-refractivity contribution in [2.45, 2.75) is 50.0 Å². The van der Waals surface area contributed by atoms with Gasteiger partial charge in [0.25, 0.3) is 0 Å². The number of pyridine rings is 1. The molecule has 0 amide bonds. The average Bonchev–Trinajstić information content (AvgIpc) is 3.09. The first-order chi connectivity index (χ1) is 13.3. The summed E-state index contributed by atoms with van der Waals surface area (Å²) in [6.07, 6.45) is 5.40. The number of piperidine rings is 1. The number of likely N-dealkylation sites (N-methyl/N-ethyl adjacent to an activating group) is 1. The van der Waals surface area contributed by atoms with Crippen molar-refractivity contribution in [1.29, 1.82) is 0 Å². The highest BCUT2D eigenvalue weighted by Gasteiger charge is 2.44. The Kier molecular flexibility index (Phi) is 6.64. The van der Waals surface area contributed by atoms with Crippen LogP contribution in [0, 0.1) is 12.3 Å². The van der Waals surface area contributed by atoms with Crippen molar-refractivity contribution < 1.29 is 17.9 Å². The number of hydrogen-bond acceptors (Lipinski definition) is 6. The summed E-state index contributed by atoms with van der Waals surface area (Å²) < 4.78 is 38.2. The van der Waals surface area contributed by atoms with Crippen molar-refractivity contribution in [3.63, 3.8) is 0 Å². The molecule has 2 fully saturated rings. The van der Waals surface area contributed by atoms with Crippen LogP contribution in [0.15, 0.2) is 17.0 Å². The Bertz CT molecular complexity index is 776. The summed E-state index contributed by atoms with van der Waals surface area (Å²) in [6.45, 7) is 4.59. The number of aromatic nitrogens is 1. The Labute approximate surface area is 169 Å². The Morgan fingerprint density at radius 3 is 2.57 bits per heavy atom. The lowest BCUT2D eigenvalue weighted by molar-refractivity contribution is 0.119. The number of methoxy groups -OCH3 is 2. The van der Waals surface area contributed by atoms with Gasteiger partial charge < -0.3 is 14.4 Å². The summed E-state index contributed by atoms with van der Waals surface area (Å²) in [5, 5.41) is 0. The number of aryl methyl sites for hydroxylation is 1. The van der Waals surface area contributed by atoms with Crippen LogP contribution in [-0.2, 0) is 14.8 Å². The third-order valence-electron chi connectivity index (χ3n) is 6.57. The Morgan fingerprint density at radius 2 is 1.96 bits per heavy atom. The predicted octanol–water partition coefficient (Wildman–Crippen LogP) is 2.30. The van der Waals surface area contributed by atoms with E-state index >= 15 is 0 Å². The van der Waals surface area contributed by atoms with Crippen LogP contribution in [0.2, 0.25) is 0 Å². The second-order valence-electron chi connectivity index (χ2n) is 8.21. The van der Waals surface area contributed by atoms with E-state index in [0.29, 0.717) is 30.7 Å². The second-order valence-corrected chi connectivity index (χ2v) is 10.1. The average molecular weight is 412 g/mol. The highest BCUT2D eigenvalue weighted by Crippen LogP contribution is 2.48. The number of sulfonamides is 1. The summed E-state index contributed by atoms with van der Waals surface area (Å²) in [7, 11) is 1.92. The SMILES string of the molecule is COCCN(C)C1CCC2(CCN(S(=O)(=O)c3ccc(OC)nc3C)CC2)C1. The minimum atomic E-state index is -3.52. The number of nitrogens with zero attached hydrogens (tertiary/aromatic N) is 3. The standard InChI is InChI=1S/C20H33N3O4S/c1-16-18(5-6-19(21-16)27-4)28(24,25)23-11-9-20(10-12-23)8-7-17(15-20)22(2)13-14-26-3/h5-6,17H,7-15H2,1-4H3. The van der Waals surface area contributed by atoms with Gasteiger partial charge in [0.05, 0.1) is 19.4 Å². The monoisotopic (exact) mass is 411 g/mol. The normalized spacial score (nSPS) is 22.8. The van der Waals surface area contributed by atoms with Gasteiger partial charge in [-0.15, -0.1) is 0 Å². The molecule has 28 heavy (non-hydrogen) atoms. The smallest absolute Gasteiger partial charge is 0.244 e. The second kappa shape index (κ2) is 8.65. The van der Waals surface area contributed by atoms with E-state index in [9.17, 15) is 8.42 Å². The van der Waals surface area contributed by atoms with Crippen LogP contribution in [0.1, 0.15) is 37.8 Å². The number of hydrogen-bond donors (Lipinski definition) is 0. The van der Waals surface area contributed by atoms with E-state index in [0.717, 1.165) is 32.4 Å². The van der Waals surface area contributed by atoms with Crippen molar-refractivity contribution in [2.75, 3.05) is 47.5 Å². The quantitative estimate of drug-likeness (QED) is 0.686. The molecule has 0 bridgehead atoms. The third kappa shape index (κ3) is 4.35. The molecule has 1 saturated heterocycles. The van der Waals surface area contributed by atoms with Gasteiger partial charge in [-0.2, -0.15) is 4.31 Å². The van der Waals surface area contributed by atoms with E-state index in [1.54, 1.807) is 30.5 Å². The van der Waals surface area contributed by atoms with Crippen LogP contribution in [0.3, 0.4) is 0 Å². The molecular weight excluding hydrogens is 378 g/mol. The van der Waals surface area contributed by atoms with Gasteiger partial charge in [-0.05, 0) is 57.6 Å². The van der Waals surface area contributed by atoms with Crippen LogP contribution >= 0.6 is 0 Å². The third-order valence-corrected chi connectivity index (χ3v) is 8.60. The Balaban J connectivity index is 1.64. The van der Waals surface area contributed by atoms with Crippen molar-refractivity contribution >= 4 is 10.0 Å². The molecular formula is C20H33N3O4S. The molecule has 1 aliphatic carbocycles. The van der Waals surface area contributed by atoms with Crippen molar-refractivity contribution in [3.05, 3.63) is 17.8 Å². The topological polar surface area (TPSA) is 72.0 Å². The molecule has 7 nitrogen and oxygen atoms in total. The van der Waals surface area contributed by atoms with Gasteiger partial charge in [0, 0.05) is 38.9 Å². The lowest BCUT2D eigenvalue weighted by Crippen LogP contribution is -2.43. The summed E-state index contributed by atoms with van der Waals surface area (Å²) in [5.74, 6) is 0.434. The zero-order chi connectivity index (χ0) is 20.4. The maximum Gasteiger partial charge on any atom is 0.244 e.